The van der Waals surface area contributed by atoms with Crippen molar-refractivity contribution in [2.24, 2.45) is 5.14 Å². The van der Waals surface area contributed by atoms with Gasteiger partial charge in [-0.1, -0.05) is 24.3 Å². The van der Waals surface area contributed by atoms with Crippen molar-refractivity contribution in [1.29, 1.82) is 0 Å². The lowest BCUT2D eigenvalue weighted by molar-refractivity contribution is 0.598. The number of rotatable bonds is 6. The fraction of sp³-hybridized carbons (Fsp3) is 0.100. The highest BCUT2D eigenvalue weighted by molar-refractivity contribution is 7.89. The highest BCUT2D eigenvalue weighted by Crippen LogP contribution is 2.27. The molecule has 0 aliphatic rings. The van der Waals surface area contributed by atoms with E-state index in [1.807, 2.05) is 30.5 Å². The Morgan fingerprint density at radius 1 is 1.03 bits per heavy atom. The molecule has 8 nitrogen and oxygen atoms in total. The average Bonchev–Trinajstić information content (AvgIpc) is 3.16. The molecule has 2 aromatic carbocycles. The van der Waals surface area contributed by atoms with Crippen molar-refractivity contribution in [3.63, 3.8) is 0 Å². The van der Waals surface area contributed by atoms with Crippen molar-refractivity contribution in [3.05, 3.63) is 66.4 Å². The smallest absolute Gasteiger partial charge is 0.238 e. The number of H-pyrrole nitrogens is 1. The fourth-order valence-corrected chi connectivity index (χ4v) is 3.65. The Morgan fingerprint density at radius 3 is 2.59 bits per heavy atom. The molecule has 0 aliphatic carbocycles. The molecule has 0 spiro atoms. The monoisotopic (exact) mass is 408 g/mol. The van der Waals surface area contributed by atoms with Gasteiger partial charge in [-0.3, -0.25) is 0 Å². The van der Waals surface area contributed by atoms with Gasteiger partial charge in [-0.05, 0) is 36.2 Å². The summed E-state index contributed by atoms with van der Waals surface area (Å²) in [6, 6.07) is 16.1. The zero-order valence-electron chi connectivity index (χ0n) is 15.5. The lowest BCUT2D eigenvalue weighted by atomic mass is 10.1. The second kappa shape index (κ2) is 7.53. The zero-order chi connectivity index (χ0) is 20.4. The van der Waals surface area contributed by atoms with Crippen LogP contribution < -0.4 is 16.2 Å². The predicted molar refractivity (Wildman–Crippen MR) is 114 cm³/mol. The van der Waals surface area contributed by atoms with Crippen molar-refractivity contribution in [3.8, 4) is 11.4 Å². The Kier molecular flexibility index (Phi) is 4.91. The topological polar surface area (TPSA) is 140 Å². The lowest BCUT2D eigenvalue weighted by Gasteiger charge is -2.09. The van der Waals surface area contributed by atoms with Crippen LogP contribution in [0.2, 0.25) is 0 Å². The maximum absolute atomic E-state index is 11.3. The molecule has 0 fully saturated rings. The Labute approximate surface area is 168 Å². The Morgan fingerprint density at radius 2 is 1.83 bits per heavy atom. The summed E-state index contributed by atoms with van der Waals surface area (Å²) in [7, 11) is -3.68. The third kappa shape index (κ3) is 4.20. The molecule has 0 saturated heterocycles. The minimum absolute atomic E-state index is 0.0985. The quantitative estimate of drug-likeness (QED) is 0.386. The van der Waals surface area contributed by atoms with Crippen LogP contribution >= 0.6 is 0 Å². The van der Waals surface area contributed by atoms with Gasteiger partial charge in [0, 0.05) is 35.3 Å². The first-order valence-corrected chi connectivity index (χ1v) is 10.5. The third-order valence-electron chi connectivity index (χ3n) is 4.55. The van der Waals surface area contributed by atoms with Crippen LogP contribution in [0.15, 0.2) is 65.7 Å². The van der Waals surface area contributed by atoms with Crippen LogP contribution in [0.1, 0.15) is 5.56 Å². The first kappa shape index (κ1) is 18.9. The minimum atomic E-state index is -3.68. The van der Waals surface area contributed by atoms with E-state index in [-0.39, 0.29) is 4.90 Å². The highest BCUT2D eigenvalue weighted by Gasteiger charge is 2.10. The van der Waals surface area contributed by atoms with Crippen LogP contribution in [0.5, 0.6) is 0 Å². The summed E-state index contributed by atoms with van der Waals surface area (Å²) < 4.78 is 22.7. The van der Waals surface area contributed by atoms with Crippen molar-refractivity contribution >= 4 is 32.6 Å². The van der Waals surface area contributed by atoms with Crippen LogP contribution in [0.25, 0.3) is 22.3 Å². The molecule has 2 heterocycles. The molecule has 29 heavy (non-hydrogen) atoms. The number of benzene rings is 2. The molecule has 2 aromatic heterocycles. The van der Waals surface area contributed by atoms with Crippen LogP contribution in [-0.2, 0) is 16.4 Å². The summed E-state index contributed by atoms with van der Waals surface area (Å²) >= 11 is 0. The molecule has 0 aliphatic heterocycles. The molecular weight excluding hydrogens is 388 g/mol. The highest BCUT2D eigenvalue weighted by atomic mass is 32.2. The van der Waals surface area contributed by atoms with Crippen molar-refractivity contribution in [2.75, 3.05) is 17.6 Å². The first-order chi connectivity index (χ1) is 13.9. The van der Waals surface area contributed by atoms with Crippen molar-refractivity contribution in [1.82, 2.24) is 15.0 Å². The lowest BCUT2D eigenvalue weighted by Crippen LogP contribution is -2.12. The summed E-state index contributed by atoms with van der Waals surface area (Å²) in [6.07, 6.45) is 2.55. The summed E-state index contributed by atoms with van der Waals surface area (Å²) in [5.74, 6) is 1.55. The van der Waals surface area contributed by atoms with E-state index >= 15 is 0 Å². The number of nitrogens with two attached hydrogens (primary N) is 2. The molecule has 4 aromatic rings. The number of fused-ring (bicyclic) bond motifs is 1. The van der Waals surface area contributed by atoms with E-state index in [9.17, 15) is 8.42 Å². The van der Waals surface area contributed by atoms with Gasteiger partial charge in [-0.15, -0.1) is 0 Å². The van der Waals surface area contributed by atoms with Gasteiger partial charge in [-0.2, -0.15) is 0 Å². The van der Waals surface area contributed by atoms with Crippen molar-refractivity contribution < 1.29 is 8.42 Å². The number of hydrogen-bond acceptors (Lipinski definition) is 6. The fourth-order valence-electron chi connectivity index (χ4n) is 3.14. The summed E-state index contributed by atoms with van der Waals surface area (Å²) in [6.45, 7) is 0.596. The van der Waals surface area contributed by atoms with Crippen molar-refractivity contribution in [2.45, 2.75) is 11.3 Å². The van der Waals surface area contributed by atoms with E-state index in [4.69, 9.17) is 10.9 Å². The van der Waals surface area contributed by atoms with E-state index < -0.39 is 10.0 Å². The van der Waals surface area contributed by atoms with E-state index in [1.54, 1.807) is 18.2 Å². The molecule has 0 radical (unpaired) electrons. The molecule has 0 atom stereocenters. The van der Waals surface area contributed by atoms with Gasteiger partial charge in [0.15, 0.2) is 5.82 Å². The zero-order valence-corrected chi connectivity index (χ0v) is 16.3. The summed E-state index contributed by atoms with van der Waals surface area (Å²) in [4.78, 5) is 12.3. The van der Waals surface area contributed by atoms with Gasteiger partial charge in [-0.25, -0.2) is 23.5 Å². The van der Waals surface area contributed by atoms with Crippen LogP contribution in [0.4, 0.5) is 11.6 Å². The van der Waals surface area contributed by atoms with Gasteiger partial charge in [0.2, 0.25) is 10.0 Å². The Balaban J connectivity index is 1.49. The maximum atomic E-state index is 11.3. The van der Waals surface area contributed by atoms with E-state index in [0.29, 0.717) is 30.4 Å². The van der Waals surface area contributed by atoms with Crippen LogP contribution in [-0.4, -0.2) is 29.9 Å². The SMILES string of the molecule is Nc1cc(NCCc2ccc(S(N)(=O)=O)cc2)nc(-c2cccc3[nH]ccc23)n1. The van der Waals surface area contributed by atoms with E-state index in [0.717, 1.165) is 22.0 Å². The standard InChI is InChI=1S/C20H20N6O2S/c21-18-12-19(24-10-8-13-4-6-14(7-5-13)29(22,27)28)26-20(25-18)16-2-1-3-17-15(16)9-11-23-17/h1-7,9,11-12,23H,8,10H2,(H2,22,27,28)(H3,21,24,25,26). The number of nitrogen functional groups attached to an aromatic ring is 1. The first-order valence-electron chi connectivity index (χ1n) is 8.97. The number of anilines is 2. The van der Waals surface area contributed by atoms with Gasteiger partial charge in [0.25, 0.3) is 0 Å². The molecule has 6 N–H and O–H groups in total. The predicted octanol–water partition coefficient (Wildman–Crippen LogP) is 2.51. The molecule has 9 heteroatoms. The molecule has 0 saturated carbocycles. The summed E-state index contributed by atoms with van der Waals surface area (Å²) in [5, 5.41) is 9.39. The number of nitrogens with one attached hydrogen (secondary N) is 2. The number of aromatic nitrogens is 3. The van der Waals surface area contributed by atoms with E-state index in [1.165, 1.54) is 12.1 Å². The molecule has 0 bridgehead atoms. The Bertz CT molecular complexity index is 1270. The van der Waals surface area contributed by atoms with Gasteiger partial charge < -0.3 is 16.0 Å². The number of primary sulfonamides is 1. The molecule has 0 amide bonds. The van der Waals surface area contributed by atoms with Gasteiger partial charge >= 0.3 is 0 Å². The molecule has 148 valence electrons. The number of nitrogens with zero attached hydrogens (tertiary/aromatic N) is 2. The number of aromatic amines is 1. The van der Waals surface area contributed by atoms with Gasteiger partial charge in [0.05, 0.1) is 4.90 Å². The van der Waals surface area contributed by atoms with Gasteiger partial charge in [0.1, 0.15) is 11.6 Å². The Hall–Kier alpha value is -3.43. The van der Waals surface area contributed by atoms with Crippen LogP contribution in [0, 0.1) is 0 Å². The molecule has 4 rings (SSSR count). The third-order valence-corrected chi connectivity index (χ3v) is 5.48. The summed E-state index contributed by atoms with van der Waals surface area (Å²) in [5.41, 5.74) is 8.87. The maximum Gasteiger partial charge on any atom is 0.238 e. The molecule has 0 unspecified atom stereocenters. The molecular formula is C20H20N6O2S. The second-order valence-corrected chi connectivity index (χ2v) is 8.17. The number of sulfonamides is 1. The van der Waals surface area contributed by atoms with Crippen LogP contribution in [0.3, 0.4) is 0 Å². The van der Waals surface area contributed by atoms with E-state index in [2.05, 4.69) is 20.3 Å². The largest absolute Gasteiger partial charge is 0.384 e. The second-order valence-electron chi connectivity index (χ2n) is 6.61. The normalized spacial score (nSPS) is 11.6. The average molecular weight is 408 g/mol. The minimum Gasteiger partial charge on any atom is -0.384 e. The number of hydrogen-bond donors (Lipinski definition) is 4.